The summed E-state index contributed by atoms with van der Waals surface area (Å²) < 4.78 is 0. The summed E-state index contributed by atoms with van der Waals surface area (Å²) in [6.45, 7) is 14.5. The molecular weight excluding hydrogens is 204 g/mol. The molecule has 0 nitrogen and oxygen atoms in total. The fourth-order valence-electron chi connectivity index (χ4n) is 3.61. The van der Waals surface area contributed by atoms with E-state index >= 15 is 0 Å². The lowest BCUT2D eigenvalue weighted by atomic mass is 9.50. The van der Waals surface area contributed by atoms with Crippen LogP contribution in [-0.4, -0.2) is 0 Å². The Bertz CT molecular complexity index is 218. The quantitative estimate of drug-likeness (QED) is 0.517. The van der Waals surface area contributed by atoms with Gasteiger partial charge in [-0.05, 0) is 41.9 Å². The van der Waals surface area contributed by atoms with Gasteiger partial charge in [0.1, 0.15) is 0 Å². The fourth-order valence-corrected chi connectivity index (χ4v) is 3.61. The van der Waals surface area contributed by atoms with Gasteiger partial charge in [0.25, 0.3) is 0 Å². The maximum atomic E-state index is 2.50. The Morgan fingerprint density at radius 2 is 1.82 bits per heavy atom. The molecule has 1 aliphatic carbocycles. The minimum absolute atomic E-state index is 0.636. The summed E-state index contributed by atoms with van der Waals surface area (Å²) in [6, 6.07) is 0. The van der Waals surface area contributed by atoms with Gasteiger partial charge >= 0.3 is 0 Å². The predicted octanol–water partition coefficient (Wildman–Crippen LogP) is 5.91. The van der Waals surface area contributed by atoms with Crippen LogP contribution in [-0.2, 0) is 0 Å². The van der Waals surface area contributed by atoms with Crippen LogP contribution in [0.5, 0.6) is 0 Å². The molecule has 0 heterocycles. The van der Waals surface area contributed by atoms with Crippen molar-refractivity contribution in [3.05, 3.63) is 0 Å². The fraction of sp³-hybridized carbons (Fsp3) is 1.00. The van der Waals surface area contributed by atoms with Crippen molar-refractivity contribution in [1.82, 2.24) is 0 Å². The summed E-state index contributed by atoms with van der Waals surface area (Å²) in [5.41, 5.74) is 0.636. The molecule has 0 radical (unpaired) electrons. The van der Waals surface area contributed by atoms with E-state index in [4.69, 9.17) is 0 Å². The molecule has 0 aromatic heterocycles. The van der Waals surface area contributed by atoms with Gasteiger partial charge < -0.3 is 0 Å². The van der Waals surface area contributed by atoms with Crippen molar-refractivity contribution in [1.29, 1.82) is 0 Å². The van der Waals surface area contributed by atoms with E-state index in [1.165, 1.54) is 38.5 Å². The normalized spacial score (nSPS) is 34.8. The van der Waals surface area contributed by atoms with Crippen LogP contribution in [0.15, 0.2) is 0 Å². The molecule has 0 spiro atoms. The van der Waals surface area contributed by atoms with Crippen LogP contribution in [0.2, 0.25) is 0 Å². The highest BCUT2D eigenvalue weighted by Crippen LogP contribution is 2.56. The van der Waals surface area contributed by atoms with Gasteiger partial charge in [-0.1, -0.05) is 67.2 Å². The van der Waals surface area contributed by atoms with E-state index in [0.717, 1.165) is 23.7 Å². The zero-order valence-electron chi connectivity index (χ0n) is 13.1. The summed E-state index contributed by atoms with van der Waals surface area (Å²) in [7, 11) is 0. The SMILES string of the molecule is CCCCC(C)CCC1CC(C)(C(C)C)C1C. The molecule has 0 amide bonds. The second-order valence-electron chi connectivity index (χ2n) is 7.24. The average molecular weight is 238 g/mol. The average Bonchev–Trinajstić information content (AvgIpc) is 2.30. The zero-order chi connectivity index (χ0) is 13.1. The molecule has 0 saturated heterocycles. The third-order valence-electron chi connectivity index (χ3n) is 5.85. The molecule has 0 N–H and O–H groups in total. The molecule has 102 valence electrons. The standard InChI is InChI=1S/C17H34/c1-7-8-9-14(4)10-11-16-12-17(6,13(2)3)15(16)5/h13-16H,7-12H2,1-6H3. The van der Waals surface area contributed by atoms with Crippen molar-refractivity contribution < 1.29 is 0 Å². The Balaban J connectivity index is 2.23. The van der Waals surface area contributed by atoms with E-state index in [1.807, 2.05) is 0 Å². The Morgan fingerprint density at radius 1 is 1.18 bits per heavy atom. The first-order chi connectivity index (χ1) is 7.91. The molecule has 4 atom stereocenters. The second-order valence-corrected chi connectivity index (χ2v) is 7.24. The Labute approximate surface area is 110 Å². The number of hydrogen-bond acceptors (Lipinski definition) is 0. The minimum Gasteiger partial charge on any atom is -0.0654 e. The molecule has 0 aromatic carbocycles. The van der Waals surface area contributed by atoms with Crippen LogP contribution in [0.3, 0.4) is 0 Å². The van der Waals surface area contributed by atoms with E-state index in [1.54, 1.807) is 0 Å². The van der Waals surface area contributed by atoms with Crippen LogP contribution < -0.4 is 0 Å². The van der Waals surface area contributed by atoms with Crippen LogP contribution >= 0.6 is 0 Å². The first-order valence-electron chi connectivity index (χ1n) is 7.91. The lowest BCUT2D eigenvalue weighted by Crippen LogP contribution is -2.47. The highest BCUT2D eigenvalue weighted by atomic mass is 14.5. The molecule has 1 aliphatic rings. The largest absolute Gasteiger partial charge is 0.0654 e. The Hall–Kier alpha value is 0. The third-order valence-corrected chi connectivity index (χ3v) is 5.85. The second kappa shape index (κ2) is 6.25. The molecule has 0 bridgehead atoms. The maximum absolute atomic E-state index is 2.50. The predicted molar refractivity (Wildman–Crippen MR) is 78.1 cm³/mol. The van der Waals surface area contributed by atoms with Crippen LogP contribution in [0.25, 0.3) is 0 Å². The molecule has 17 heavy (non-hydrogen) atoms. The van der Waals surface area contributed by atoms with Crippen LogP contribution in [0.4, 0.5) is 0 Å². The van der Waals surface area contributed by atoms with Crippen molar-refractivity contribution >= 4 is 0 Å². The number of rotatable bonds is 7. The smallest absolute Gasteiger partial charge is 0.0272 e. The summed E-state index contributed by atoms with van der Waals surface area (Å²) in [5.74, 6) is 3.77. The van der Waals surface area contributed by atoms with Crippen molar-refractivity contribution in [2.45, 2.75) is 80.1 Å². The van der Waals surface area contributed by atoms with Gasteiger partial charge in [-0.25, -0.2) is 0 Å². The Kier molecular flexibility index (Phi) is 5.54. The third kappa shape index (κ3) is 3.48. The molecule has 1 fully saturated rings. The highest BCUT2D eigenvalue weighted by molar-refractivity contribution is 4.97. The monoisotopic (exact) mass is 238 g/mol. The highest BCUT2D eigenvalue weighted by Gasteiger charge is 2.48. The summed E-state index contributed by atoms with van der Waals surface area (Å²) in [5, 5.41) is 0. The molecule has 1 saturated carbocycles. The van der Waals surface area contributed by atoms with Crippen molar-refractivity contribution in [2.75, 3.05) is 0 Å². The van der Waals surface area contributed by atoms with E-state index in [0.29, 0.717) is 5.41 Å². The topological polar surface area (TPSA) is 0 Å². The van der Waals surface area contributed by atoms with Crippen molar-refractivity contribution in [2.24, 2.45) is 29.1 Å². The van der Waals surface area contributed by atoms with Gasteiger partial charge in [-0.2, -0.15) is 0 Å². The summed E-state index contributed by atoms with van der Waals surface area (Å²) in [6.07, 6.45) is 8.64. The van der Waals surface area contributed by atoms with Crippen LogP contribution in [0, 0.1) is 29.1 Å². The molecule has 0 heteroatoms. The first kappa shape index (κ1) is 15.1. The van der Waals surface area contributed by atoms with E-state index in [2.05, 4.69) is 41.5 Å². The number of unbranched alkanes of at least 4 members (excludes halogenated alkanes) is 1. The van der Waals surface area contributed by atoms with Gasteiger partial charge in [-0.3, -0.25) is 0 Å². The minimum atomic E-state index is 0.636. The van der Waals surface area contributed by atoms with E-state index < -0.39 is 0 Å². The molecule has 0 aliphatic heterocycles. The summed E-state index contributed by atoms with van der Waals surface area (Å²) in [4.78, 5) is 0. The lowest BCUT2D eigenvalue weighted by molar-refractivity contribution is -0.0597. The van der Waals surface area contributed by atoms with Gasteiger partial charge in [0.05, 0.1) is 0 Å². The van der Waals surface area contributed by atoms with Gasteiger partial charge in [0.2, 0.25) is 0 Å². The van der Waals surface area contributed by atoms with E-state index in [-0.39, 0.29) is 0 Å². The zero-order valence-corrected chi connectivity index (χ0v) is 13.1. The first-order valence-corrected chi connectivity index (χ1v) is 7.91. The van der Waals surface area contributed by atoms with E-state index in [9.17, 15) is 0 Å². The lowest BCUT2D eigenvalue weighted by Gasteiger charge is -2.55. The summed E-state index contributed by atoms with van der Waals surface area (Å²) >= 11 is 0. The molecular formula is C17H34. The van der Waals surface area contributed by atoms with Crippen molar-refractivity contribution in [3.8, 4) is 0 Å². The Morgan fingerprint density at radius 3 is 2.29 bits per heavy atom. The van der Waals surface area contributed by atoms with Crippen molar-refractivity contribution in [3.63, 3.8) is 0 Å². The maximum Gasteiger partial charge on any atom is -0.0272 e. The van der Waals surface area contributed by atoms with Gasteiger partial charge in [-0.15, -0.1) is 0 Å². The molecule has 4 unspecified atom stereocenters. The van der Waals surface area contributed by atoms with Gasteiger partial charge in [0, 0.05) is 0 Å². The van der Waals surface area contributed by atoms with Crippen LogP contribution in [0.1, 0.15) is 80.1 Å². The molecule has 1 rings (SSSR count). The molecule has 0 aromatic rings. The van der Waals surface area contributed by atoms with Gasteiger partial charge in [0.15, 0.2) is 0 Å². The number of hydrogen-bond donors (Lipinski definition) is 0.